The molecule has 1 heterocycles. The van der Waals surface area contributed by atoms with Crippen molar-refractivity contribution in [3.63, 3.8) is 0 Å². The zero-order chi connectivity index (χ0) is 18.4. The molecule has 0 radical (unpaired) electrons. The quantitative estimate of drug-likeness (QED) is 0.777. The van der Waals surface area contributed by atoms with Gasteiger partial charge in [0, 0.05) is 13.0 Å². The number of hydrogen-bond acceptors (Lipinski definition) is 3. The van der Waals surface area contributed by atoms with Crippen molar-refractivity contribution in [2.24, 2.45) is 12.5 Å². The van der Waals surface area contributed by atoms with Crippen LogP contribution in [0, 0.1) is 19.3 Å². The van der Waals surface area contributed by atoms with Crippen LogP contribution in [0.3, 0.4) is 0 Å². The number of rotatable bonds is 3. The van der Waals surface area contributed by atoms with Crippen LogP contribution in [-0.4, -0.2) is 20.1 Å². The van der Waals surface area contributed by atoms with E-state index in [1.165, 1.54) is 16.7 Å². The Bertz CT molecular complexity index is 919. The molecule has 1 aromatic heterocycles. The fraction of sp³-hybridized carbons (Fsp3) is 0.429. The Hall–Kier alpha value is -2.20. The number of fused-ring (bicyclic) bond motifs is 1. The predicted molar refractivity (Wildman–Crippen MR) is 102 cm³/mol. The molecule has 0 saturated heterocycles. The molecule has 1 N–H and O–H groups in total. The van der Waals surface area contributed by atoms with Gasteiger partial charge in [0.15, 0.2) is 0 Å². The Morgan fingerprint density at radius 2 is 1.84 bits per heavy atom. The molecule has 4 heteroatoms. The lowest BCUT2D eigenvalue weighted by atomic mass is 9.71. The van der Waals surface area contributed by atoms with Crippen molar-refractivity contribution < 1.29 is 5.11 Å². The number of nitrogens with zero attached hydrogens (tertiary/aromatic N) is 3. The van der Waals surface area contributed by atoms with Crippen LogP contribution < -0.4 is 0 Å². The summed E-state index contributed by atoms with van der Waals surface area (Å²) in [6.45, 7) is 11.0. The van der Waals surface area contributed by atoms with Crippen LogP contribution in [0.5, 0.6) is 0 Å². The second kappa shape index (κ2) is 6.26. The highest BCUT2D eigenvalue weighted by molar-refractivity contribution is 5.79. The highest BCUT2D eigenvalue weighted by atomic mass is 16.3. The largest absolute Gasteiger partial charge is 0.392 e. The van der Waals surface area contributed by atoms with E-state index in [-0.39, 0.29) is 17.9 Å². The van der Waals surface area contributed by atoms with Crippen molar-refractivity contribution in [2.75, 3.05) is 0 Å². The third-order valence-corrected chi connectivity index (χ3v) is 5.13. The van der Waals surface area contributed by atoms with Gasteiger partial charge in [-0.1, -0.05) is 50.3 Å². The molecule has 1 unspecified atom stereocenters. The number of aryl methyl sites for hydroxylation is 3. The summed E-state index contributed by atoms with van der Waals surface area (Å²) in [5.74, 6) is 0.213. The first-order valence-electron chi connectivity index (χ1n) is 8.73. The molecular weight excluding hydrogens is 310 g/mol. The first-order valence-corrected chi connectivity index (χ1v) is 8.73. The number of aliphatic hydroxyl groups excluding tert-OH is 1. The maximum atomic E-state index is 9.68. The molecule has 4 nitrogen and oxygen atoms in total. The van der Waals surface area contributed by atoms with E-state index in [2.05, 4.69) is 68.3 Å². The molecule has 0 aliphatic carbocycles. The Morgan fingerprint density at radius 1 is 1.12 bits per heavy atom. The van der Waals surface area contributed by atoms with Gasteiger partial charge in [0.2, 0.25) is 0 Å². The van der Waals surface area contributed by atoms with Crippen molar-refractivity contribution in [1.82, 2.24) is 15.0 Å². The molecular formula is C21H27N3O. The summed E-state index contributed by atoms with van der Waals surface area (Å²) >= 11 is 0. The maximum absolute atomic E-state index is 9.68. The van der Waals surface area contributed by atoms with Crippen LogP contribution >= 0.6 is 0 Å². The third kappa shape index (κ3) is 3.07. The zero-order valence-electron chi connectivity index (χ0n) is 16.0. The van der Waals surface area contributed by atoms with Crippen LogP contribution in [0.2, 0.25) is 0 Å². The van der Waals surface area contributed by atoms with Gasteiger partial charge >= 0.3 is 0 Å². The van der Waals surface area contributed by atoms with Crippen molar-refractivity contribution in [2.45, 2.75) is 47.1 Å². The smallest absolute Gasteiger partial charge is 0.116 e. The van der Waals surface area contributed by atoms with E-state index in [1.807, 2.05) is 18.7 Å². The van der Waals surface area contributed by atoms with E-state index >= 15 is 0 Å². The van der Waals surface area contributed by atoms with E-state index in [9.17, 15) is 5.11 Å². The third-order valence-electron chi connectivity index (χ3n) is 5.13. The number of aliphatic hydroxyl groups is 1. The van der Waals surface area contributed by atoms with E-state index in [4.69, 9.17) is 0 Å². The Kier molecular flexibility index (Phi) is 4.41. The molecule has 0 fully saturated rings. The molecule has 0 bridgehead atoms. The van der Waals surface area contributed by atoms with Gasteiger partial charge in [0.1, 0.15) is 5.52 Å². The second-order valence-corrected chi connectivity index (χ2v) is 8.00. The lowest BCUT2D eigenvalue weighted by molar-refractivity contribution is 0.280. The molecule has 3 aromatic rings. The minimum Gasteiger partial charge on any atom is -0.392 e. The summed E-state index contributed by atoms with van der Waals surface area (Å²) in [4.78, 5) is 0. The topological polar surface area (TPSA) is 50.9 Å². The molecule has 0 amide bonds. The van der Waals surface area contributed by atoms with Gasteiger partial charge in [0.25, 0.3) is 0 Å². The fourth-order valence-electron chi connectivity index (χ4n) is 3.75. The molecule has 132 valence electrons. The van der Waals surface area contributed by atoms with E-state index in [0.29, 0.717) is 0 Å². The van der Waals surface area contributed by atoms with Gasteiger partial charge < -0.3 is 5.11 Å². The normalized spacial score (nSPS) is 13.4. The lowest BCUT2D eigenvalue weighted by Gasteiger charge is -2.33. The molecule has 0 aliphatic rings. The van der Waals surface area contributed by atoms with Crippen LogP contribution in [-0.2, 0) is 13.7 Å². The zero-order valence-corrected chi connectivity index (χ0v) is 16.0. The van der Waals surface area contributed by atoms with Crippen LogP contribution in [0.4, 0.5) is 0 Å². The summed E-state index contributed by atoms with van der Waals surface area (Å²) in [5, 5.41) is 18.2. The van der Waals surface area contributed by atoms with Crippen molar-refractivity contribution >= 4 is 11.0 Å². The molecule has 2 aromatic carbocycles. The van der Waals surface area contributed by atoms with Gasteiger partial charge in [-0.2, -0.15) is 0 Å². The second-order valence-electron chi connectivity index (χ2n) is 8.00. The molecule has 0 aliphatic heterocycles. The average molecular weight is 337 g/mol. The first kappa shape index (κ1) is 17.6. The minimum absolute atomic E-state index is 0.0304. The van der Waals surface area contributed by atoms with Gasteiger partial charge in [0.05, 0.1) is 12.1 Å². The van der Waals surface area contributed by atoms with E-state index in [0.717, 1.165) is 22.2 Å². The van der Waals surface area contributed by atoms with Crippen LogP contribution in [0.15, 0.2) is 30.3 Å². The van der Waals surface area contributed by atoms with Crippen molar-refractivity contribution in [1.29, 1.82) is 0 Å². The highest BCUT2D eigenvalue weighted by Crippen LogP contribution is 2.43. The standard InChI is InChI=1S/C21H27N3O/c1-13-7-8-15(11-16(13)12-25)19(21(3,4)5)17-9-10-18-20(14(17)2)22-23-24(18)6/h7-11,19,25H,12H2,1-6H3. The lowest BCUT2D eigenvalue weighted by Crippen LogP contribution is -2.21. The molecule has 25 heavy (non-hydrogen) atoms. The van der Waals surface area contributed by atoms with Gasteiger partial charge in [-0.15, -0.1) is 5.10 Å². The molecule has 0 saturated carbocycles. The molecule has 0 spiro atoms. The summed E-state index contributed by atoms with van der Waals surface area (Å²) in [7, 11) is 1.92. The van der Waals surface area contributed by atoms with Crippen molar-refractivity contribution in [3.05, 3.63) is 58.1 Å². The van der Waals surface area contributed by atoms with Gasteiger partial charge in [-0.05, 0) is 53.1 Å². The molecule has 1 atom stereocenters. The van der Waals surface area contributed by atoms with E-state index in [1.54, 1.807) is 0 Å². The SMILES string of the molecule is Cc1ccc(C(c2ccc3c(nnn3C)c2C)C(C)(C)C)cc1CO. The van der Waals surface area contributed by atoms with Crippen LogP contribution in [0.1, 0.15) is 54.5 Å². The van der Waals surface area contributed by atoms with Crippen LogP contribution in [0.25, 0.3) is 11.0 Å². The molecule has 3 rings (SSSR count). The fourth-order valence-corrected chi connectivity index (χ4v) is 3.75. The predicted octanol–water partition coefficient (Wildman–Crippen LogP) is 4.26. The highest BCUT2D eigenvalue weighted by Gasteiger charge is 2.30. The van der Waals surface area contributed by atoms with Gasteiger partial charge in [-0.3, -0.25) is 0 Å². The maximum Gasteiger partial charge on any atom is 0.116 e. The monoisotopic (exact) mass is 337 g/mol. The summed E-state index contributed by atoms with van der Waals surface area (Å²) < 4.78 is 1.81. The number of hydrogen-bond donors (Lipinski definition) is 1. The summed E-state index contributed by atoms with van der Waals surface area (Å²) in [6, 6.07) is 10.7. The summed E-state index contributed by atoms with van der Waals surface area (Å²) in [5.41, 5.74) is 7.84. The Morgan fingerprint density at radius 3 is 2.48 bits per heavy atom. The number of benzene rings is 2. The van der Waals surface area contributed by atoms with Gasteiger partial charge in [-0.25, -0.2) is 4.68 Å². The van der Waals surface area contributed by atoms with E-state index < -0.39 is 0 Å². The Balaban J connectivity index is 2.23. The number of aromatic nitrogens is 3. The summed E-state index contributed by atoms with van der Waals surface area (Å²) in [6.07, 6.45) is 0. The van der Waals surface area contributed by atoms with Crippen molar-refractivity contribution in [3.8, 4) is 0 Å². The first-order chi connectivity index (χ1) is 11.7. The average Bonchev–Trinajstić information content (AvgIpc) is 2.92. The minimum atomic E-state index is 0.0304. The Labute approximate surface area is 149 Å².